The van der Waals surface area contributed by atoms with Crippen molar-refractivity contribution in [1.29, 1.82) is 0 Å². The Bertz CT molecular complexity index is 1030. The molecule has 8 heteroatoms. The lowest BCUT2D eigenvalue weighted by molar-refractivity contribution is -0.385. The van der Waals surface area contributed by atoms with E-state index in [2.05, 4.69) is 10.4 Å². The minimum absolute atomic E-state index is 0.0218. The molecule has 0 radical (unpaired) electrons. The number of hydrogen-bond donors (Lipinski definition) is 1. The van der Waals surface area contributed by atoms with Gasteiger partial charge in [0.15, 0.2) is 5.82 Å². The Morgan fingerprint density at radius 2 is 1.96 bits per heavy atom. The van der Waals surface area contributed by atoms with Crippen LogP contribution in [-0.4, -0.2) is 20.6 Å². The molecule has 0 fully saturated rings. The number of nitrogens with zero attached hydrogens (tertiary/aromatic N) is 3. The number of anilines is 1. The van der Waals surface area contributed by atoms with Gasteiger partial charge >= 0.3 is 0 Å². The number of hydrogen-bond acceptors (Lipinski definition) is 4. The molecular weight excluding hydrogens is 368 g/mol. The number of rotatable bonds is 5. The summed E-state index contributed by atoms with van der Waals surface area (Å²) in [5.74, 6) is 0.0240. The number of nitro groups is 1. The normalized spacial score (nSPS) is 10.6. The van der Waals surface area contributed by atoms with Crippen LogP contribution in [0.4, 0.5) is 11.5 Å². The van der Waals surface area contributed by atoms with Crippen molar-refractivity contribution in [2.24, 2.45) is 0 Å². The van der Waals surface area contributed by atoms with E-state index in [9.17, 15) is 14.9 Å². The highest BCUT2D eigenvalue weighted by molar-refractivity contribution is 6.31. The largest absolute Gasteiger partial charge is 0.305 e. The Labute approximate surface area is 160 Å². The predicted octanol–water partition coefficient (Wildman–Crippen LogP) is 4.36. The average molecular weight is 385 g/mol. The first kappa shape index (κ1) is 18.6. The topological polar surface area (TPSA) is 90.1 Å². The summed E-state index contributed by atoms with van der Waals surface area (Å²) in [4.78, 5) is 22.8. The number of nitrogens with one attached hydrogen (secondary N) is 1. The van der Waals surface area contributed by atoms with Crippen LogP contribution in [0.5, 0.6) is 0 Å². The number of amides is 1. The number of benzene rings is 2. The van der Waals surface area contributed by atoms with Crippen molar-refractivity contribution in [2.45, 2.75) is 20.4 Å². The highest BCUT2D eigenvalue weighted by Crippen LogP contribution is 2.21. The molecule has 0 unspecified atom stereocenters. The molecule has 7 nitrogen and oxygen atoms in total. The fourth-order valence-electron chi connectivity index (χ4n) is 2.71. The lowest BCUT2D eigenvalue weighted by atomic mass is 10.1. The standard InChI is InChI=1S/C19H17ClN4O3/c1-12-9-14(7-8-17(12)24(26)27)19(25)21-18-10-13(2)23(22-18)11-15-5-3-4-6-16(15)20/h3-10H,11H2,1-2H3,(H,21,22,25). The lowest BCUT2D eigenvalue weighted by Crippen LogP contribution is -2.13. The summed E-state index contributed by atoms with van der Waals surface area (Å²) in [5, 5.41) is 18.7. The fraction of sp³-hybridized carbons (Fsp3) is 0.158. The van der Waals surface area contributed by atoms with E-state index >= 15 is 0 Å². The van der Waals surface area contributed by atoms with E-state index in [0.717, 1.165) is 11.3 Å². The van der Waals surface area contributed by atoms with Crippen LogP contribution in [0.25, 0.3) is 0 Å². The first-order chi connectivity index (χ1) is 12.8. The monoisotopic (exact) mass is 384 g/mol. The van der Waals surface area contributed by atoms with Crippen LogP contribution in [0, 0.1) is 24.0 Å². The second kappa shape index (κ2) is 7.59. The quantitative estimate of drug-likeness (QED) is 0.522. The first-order valence-corrected chi connectivity index (χ1v) is 8.57. The van der Waals surface area contributed by atoms with E-state index in [1.165, 1.54) is 18.2 Å². The molecule has 1 heterocycles. The Morgan fingerprint density at radius 3 is 2.63 bits per heavy atom. The van der Waals surface area contributed by atoms with Gasteiger partial charge in [-0.15, -0.1) is 0 Å². The van der Waals surface area contributed by atoms with Gasteiger partial charge in [-0.05, 0) is 37.6 Å². The van der Waals surface area contributed by atoms with Crippen molar-refractivity contribution in [1.82, 2.24) is 9.78 Å². The molecule has 0 saturated heterocycles. The second-order valence-corrected chi connectivity index (χ2v) is 6.54. The van der Waals surface area contributed by atoms with Crippen molar-refractivity contribution in [2.75, 3.05) is 5.32 Å². The number of carbonyl (C=O) groups excluding carboxylic acids is 1. The maximum Gasteiger partial charge on any atom is 0.272 e. The summed E-state index contributed by atoms with van der Waals surface area (Å²) in [6.07, 6.45) is 0. The minimum Gasteiger partial charge on any atom is -0.305 e. The van der Waals surface area contributed by atoms with E-state index in [0.29, 0.717) is 28.5 Å². The summed E-state index contributed by atoms with van der Waals surface area (Å²) in [6.45, 7) is 3.96. The molecule has 0 bridgehead atoms. The predicted molar refractivity (Wildman–Crippen MR) is 103 cm³/mol. The smallest absolute Gasteiger partial charge is 0.272 e. The summed E-state index contributed by atoms with van der Waals surface area (Å²) in [5.41, 5.74) is 2.52. The maximum absolute atomic E-state index is 12.4. The van der Waals surface area contributed by atoms with Gasteiger partial charge in [-0.3, -0.25) is 19.6 Å². The number of nitro benzene ring substituents is 1. The Morgan fingerprint density at radius 1 is 1.22 bits per heavy atom. The summed E-state index contributed by atoms with van der Waals surface area (Å²) < 4.78 is 1.75. The van der Waals surface area contributed by atoms with Gasteiger partial charge in [-0.2, -0.15) is 5.10 Å². The van der Waals surface area contributed by atoms with E-state index in [-0.39, 0.29) is 11.6 Å². The molecular formula is C19H17ClN4O3. The minimum atomic E-state index is -0.475. The van der Waals surface area contributed by atoms with E-state index in [1.807, 2.05) is 31.2 Å². The Hall–Kier alpha value is -3.19. The van der Waals surface area contributed by atoms with Gasteiger partial charge in [0.1, 0.15) is 0 Å². The van der Waals surface area contributed by atoms with Crippen molar-refractivity contribution < 1.29 is 9.72 Å². The molecule has 0 aliphatic heterocycles. The Kier molecular flexibility index (Phi) is 5.23. The van der Waals surface area contributed by atoms with Gasteiger partial charge in [-0.25, -0.2) is 0 Å². The molecule has 0 aliphatic carbocycles. The van der Waals surface area contributed by atoms with Gasteiger partial charge in [0.25, 0.3) is 11.6 Å². The molecule has 1 N–H and O–H groups in total. The molecule has 27 heavy (non-hydrogen) atoms. The summed E-state index contributed by atoms with van der Waals surface area (Å²) in [7, 11) is 0. The first-order valence-electron chi connectivity index (χ1n) is 8.19. The van der Waals surface area contributed by atoms with Gasteiger partial charge in [0, 0.05) is 34.0 Å². The highest BCUT2D eigenvalue weighted by atomic mass is 35.5. The number of aryl methyl sites for hydroxylation is 2. The average Bonchev–Trinajstić information content (AvgIpc) is 2.95. The van der Waals surface area contributed by atoms with Crippen LogP contribution in [-0.2, 0) is 6.54 Å². The zero-order valence-corrected chi connectivity index (χ0v) is 15.5. The summed E-state index contributed by atoms with van der Waals surface area (Å²) in [6, 6.07) is 13.5. The van der Waals surface area contributed by atoms with Crippen LogP contribution >= 0.6 is 11.6 Å². The molecule has 138 valence electrons. The Balaban J connectivity index is 1.77. The van der Waals surface area contributed by atoms with Crippen LogP contribution < -0.4 is 5.32 Å². The summed E-state index contributed by atoms with van der Waals surface area (Å²) >= 11 is 6.19. The van der Waals surface area contributed by atoms with E-state index in [4.69, 9.17) is 11.6 Å². The van der Waals surface area contributed by atoms with Crippen LogP contribution in [0.15, 0.2) is 48.5 Å². The van der Waals surface area contributed by atoms with Crippen molar-refractivity contribution in [3.8, 4) is 0 Å². The number of halogens is 1. The molecule has 3 rings (SSSR count). The van der Waals surface area contributed by atoms with E-state index in [1.54, 1.807) is 17.7 Å². The SMILES string of the molecule is Cc1cc(C(=O)Nc2cc(C)n(Cc3ccccc3Cl)n2)ccc1[N+](=O)[O-]. The number of aromatic nitrogens is 2. The van der Waals surface area contributed by atoms with Gasteiger partial charge in [0.05, 0.1) is 11.5 Å². The fourth-order valence-corrected chi connectivity index (χ4v) is 2.90. The van der Waals surface area contributed by atoms with Gasteiger partial charge < -0.3 is 5.32 Å². The molecule has 1 aromatic heterocycles. The molecule has 3 aromatic rings. The molecule has 0 saturated carbocycles. The molecule has 2 aromatic carbocycles. The molecule has 0 atom stereocenters. The van der Waals surface area contributed by atoms with Crippen molar-refractivity contribution in [3.05, 3.63) is 86.1 Å². The number of carbonyl (C=O) groups is 1. The zero-order valence-electron chi connectivity index (χ0n) is 14.8. The third-order valence-corrected chi connectivity index (χ3v) is 4.53. The molecule has 1 amide bonds. The zero-order chi connectivity index (χ0) is 19.6. The lowest BCUT2D eigenvalue weighted by Gasteiger charge is -2.06. The van der Waals surface area contributed by atoms with Crippen LogP contribution in [0.2, 0.25) is 5.02 Å². The highest BCUT2D eigenvalue weighted by Gasteiger charge is 2.15. The van der Waals surface area contributed by atoms with Gasteiger partial charge in [0.2, 0.25) is 0 Å². The molecule has 0 aliphatic rings. The van der Waals surface area contributed by atoms with E-state index < -0.39 is 4.92 Å². The van der Waals surface area contributed by atoms with Crippen molar-refractivity contribution in [3.63, 3.8) is 0 Å². The third kappa shape index (κ3) is 4.15. The second-order valence-electron chi connectivity index (χ2n) is 6.13. The van der Waals surface area contributed by atoms with Crippen LogP contribution in [0.3, 0.4) is 0 Å². The maximum atomic E-state index is 12.4. The van der Waals surface area contributed by atoms with Gasteiger partial charge in [-0.1, -0.05) is 29.8 Å². The van der Waals surface area contributed by atoms with Crippen molar-refractivity contribution >= 4 is 29.0 Å². The molecule has 0 spiro atoms. The third-order valence-electron chi connectivity index (χ3n) is 4.16. The van der Waals surface area contributed by atoms with Crippen LogP contribution in [0.1, 0.15) is 27.2 Å².